The zero-order chi connectivity index (χ0) is 9.42. The third-order valence-corrected chi connectivity index (χ3v) is 3.02. The molecule has 3 nitrogen and oxygen atoms in total. The second-order valence-electron chi connectivity index (χ2n) is 2.89. The molecule has 2 aromatic heterocycles. The minimum Gasteiger partial charge on any atom is -0.267 e. The second-order valence-corrected chi connectivity index (χ2v) is 3.81. The Kier molecular flexibility index (Phi) is 1.92. The molecule has 0 radical (unpaired) electrons. The Hall–Kier alpha value is -1.16. The van der Waals surface area contributed by atoms with Gasteiger partial charge in [-0.3, -0.25) is 4.79 Å². The van der Waals surface area contributed by atoms with Crippen molar-refractivity contribution in [1.29, 1.82) is 0 Å². The van der Waals surface area contributed by atoms with Crippen LogP contribution in [-0.4, -0.2) is 9.78 Å². The zero-order valence-corrected chi connectivity index (χ0v) is 8.39. The molecule has 0 fully saturated rings. The Labute approximate surface area is 79.6 Å². The molecule has 0 aliphatic carbocycles. The van der Waals surface area contributed by atoms with Crippen molar-refractivity contribution < 1.29 is 0 Å². The minimum atomic E-state index is -0.00606. The molecular weight excluding hydrogens is 184 g/mol. The molecule has 0 aliphatic rings. The van der Waals surface area contributed by atoms with E-state index in [1.54, 1.807) is 18.4 Å². The molecule has 2 heterocycles. The summed E-state index contributed by atoms with van der Waals surface area (Å²) in [4.78, 5) is 11.6. The molecule has 0 saturated heterocycles. The van der Waals surface area contributed by atoms with Gasteiger partial charge >= 0.3 is 0 Å². The molecule has 68 valence electrons. The largest absolute Gasteiger partial charge is 0.275 e. The van der Waals surface area contributed by atoms with Crippen LogP contribution < -0.4 is 5.56 Å². The first-order valence-electron chi connectivity index (χ1n) is 4.17. The van der Waals surface area contributed by atoms with Crippen LogP contribution in [0.4, 0.5) is 0 Å². The first-order chi connectivity index (χ1) is 6.24. The summed E-state index contributed by atoms with van der Waals surface area (Å²) < 4.78 is 2.44. The smallest absolute Gasteiger partial charge is 0.267 e. The molecule has 0 unspecified atom stereocenters. The van der Waals surface area contributed by atoms with Crippen LogP contribution in [0.5, 0.6) is 0 Å². The van der Waals surface area contributed by atoms with E-state index in [2.05, 4.69) is 5.10 Å². The van der Waals surface area contributed by atoms with Crippen LogP contribution in [0.25, 0.3) is 10.1 Å². The number of hydrogen-bond acceptors (Lipinski definition) is 3. The molecule has 0 aliphatic heterocycles. The number of aromatic nitrogens is 2. The predicted molar refractivity (Wildman–Crippen MR) is 54.2 cm³/mol. The Balaban J connectivity index is 2.95. The van der Waals surface area contributed by atoms with Crippen LogP contribution in [0.3, 0.4) is 0 Å². The monoisotopic (exact) mass is 194 g/mol. The van der Waals surface area contributed by atoms with E-state index in [1.807, 2.05) is 18.4 Å². The van der Waals surface area contributed by atoms with Crippen molar-refractivity contribution in [2.45, 2.75) is 13.3 Å². The maximum atomic E-state index is 11.6. The van der Waals surface area contributed by atoms with E-state index >= 15 is 0 Å². The highest BCUT2D eigenvalue weighted by atomic mass is 32.1. The SMILES string of the molecule is CCc1nn(C)c(=O)c2ccsc12. The first kappa shape index (κ1) is 8.44. The highest BCUT2D eigenvalue weighted by Crippen LogP contribution is 2.20. The van der Waals surface area contributed by atoms with Gasteiger partial charge in [0.15, 0.2) is 0 Å². The van der Waals surface area contributed by atoms with E-state index in [0.717, 1.165) is 22.2 Å². The third-order valence-electron chi connectivity index (χ3n) is 2.06. The Morgan fingerprint density at radius 1 is 1.62 bits per heavy atom. The molecule has 0 bridgehead atoms. The number of nitrogens with zero attached hydrogens (tertiary/aromatic N) is 2. The summed E-state index contributed by atoms with van der Waals surface area (Å²) in [5.41, 5.74) is 1.00. The Bertz CT molecular complexity index is 498. The fourth-order valence-corrected chi connectivity index (χ4v) is 2.32. The lowest BCUT2D eigenvalue weighted by molar-refractivity contribution is 0.695. The van der Waals surface area contributed by atoms with Crippen molar-refractivity contribution in [1.82, 2.24) is 9.78 Å². The summed E-state index contributed by atoms with van der Waals surface area (Å²) in [6.07, 6.45) is 0.866. The predicted octanol–water partition coefficient (Wildman–Crippen LogP) is 1.56. The van der Waals surface area contributed by atoms with Crippen molar-refractivity contribution in [3.63, 3.8) is 0 Å². The van der Waals surface area contributed by atoms with E-state index in [9.17, 15) is 4.79 Å². The van der Waals surface area contributed by atoms with Crippen LogP contribution in [0.2, 0.25) is 0 Å². The lowest BCUT2D eigenvalue weighted by atomic mass is 10.2. The van der Waals surface area contributed by atoms with E-state index in [1.165, 1.54) is 4.68 Å². The number of thiophene rings is 1. The number of hydrogen-bond donors (Lipinski definition) is 0. The quantitative estimate of drug-likeness (QED) is 0.690. The molecule has 13 heavy (non-hydrogen) atoms. The molecule has 0 spiro atoms. The second kappa shape index (κ2) is 2.96. The normalized spacial score (nSPS) is 10.9. The highest BCUT2D eigenvalue weighted by molar-refractivity contribution is 7.17. The van der Waals surface area contributed by atoms with Crippen LogP contribution in [-0.2, 0) is 13.5 Å². The lowest BCUT2D eigenvalue weighted by Crippen LogP contribution is -2.20. The van der Waals surface area contributed by atoms with Crippen LogP contribution >= 0.6 is 11.3 Å². The molecule has 0 aromatic carbocycles. The van der Waals surface area contributed by atoms with Crippen LogP contribution in [0.1, 0.15) is 12.6 Å². The summed E-state index contributed by atoms with van der Waals surface area (Å²) >= 11 is 1.59. The molecule has 2 rings (SSSR count). The molecule has 0 amide bonds. The standard InChI is InChI=1S/C9H10N2OS/c1-3-7-8-6(4-5-13-8)9(12)11(2)10-7/h4-5H,3H2,1-2H3. The summed E-state index contributed by atoms with van der Waals surface area (Å²) in [5, 5.41) is 6.93. The Morgan fingerprint density at radius 3 is 3.08 bits per heavy atom. The van der Waals surface area contributed by atoms with E-state index in [-0.39, 0.29) is 5.56 Å². The molecule has 0 atom stereocenters. The van der Waals surface area contributed by atoms with Gasteiger partial charge in [-0.2, -0.15) is 5.10 Å². The summed E-state index contributed by atoms with van der Waals surface area (Å²) in [6, 6.07) is 1.86. The molecule has 0 N–H and O–H groups in total. The van der Waals surface area contributed by atoms with Gasteiger partial charge in [0.2, 0.25) is 0 Å². The maximum Gasteiger partial charge on any atom is 0.275 e. The zero-order valence-electron chi connectivity index (χ0n) is 7.57. The molecule has 2 aromatic rings. The van der Waals surface area contributed by atoms with Crippen molar-refractivity contribution in [3.05, 3.63) is 27.5 Å². The van der Waals surface area contributed by atoms with Gasteiger partial charge in [0.05, 0.1) is 15.8 Å². The van der Waals surface area contributed by atoms with Crippen molar-refractivity contribution in [2.24, 2.45) is 7.05 Å². The van der Waals surface area contributed by atoms with Gasteiger partial charge < -0.3 is 0 Å². The number of fused-ring (bicyclic) bond motifs is 1. The van der Waals surface area contributed by atoms with Gasteiger partial charge in [-0.1, -0.05) is 6.92 Å². The highest BCUT2D eigenvalue weighted by Gasteiger charge is 2.07. The molecule has 0 saturated carbocycles. The Morgan fingerprint density at radius 2 is 2.38 bits per heavy atom. The lowest BCUT2D eigenvalue weighted by Gasteiger charge is -2.01. The first-order valence-corrected chi connectivity index (χ1v) is 5.05. The molecule has 4 heteroatoms. The van der Waals surface area contributed by atoms with Crippen molar-refractivity contribution in [2.75, 3.05) is 0 Å². The van der Waals surface area contributed by atoms with E-state index in [4.69, 9.17) is 0 Å². The summed E-state index contributed by atoms with van der Waals surface area (Å²) in [6.45, 7) is 2.05. The van der Waals surface area contributed by atoms with E-state index < -0.39 is 0 Å². The molecular formula is C9H10N2OS. The van der Waals surface area contributed by atoms with Gasteiger partial charge in [0.1, 0.15) is 0 Å². The maximum absolute atomic E-state index is 11.6. The van der Waals surface area contributed by atoms with Crippen LogP contribution in [0.15, 0.2) is 16.2 Å². The fourth-order valence-electron chi connectivity index (χ4n) is 1.38. The number of aryl methyl sites for hydroxylation is 2. The van der Waals surface area contributed by atoms with Gasteiger partial charge in [-0.05, 0) is 17.9 Å². The van der Waals surface area contributed by atoms with Gasteiger partial charge in [-0.25, -0.2) is 4.68 Å². The average Bonchev–Trinajstić information content (AvgIpc) is 2.60. The number of rotatable bonds is 1. The van der Waals surface area contributed by atoms with Gasteiger partial charge in [-0.15, -0.1) is 11.3 Å². The van der Waals surface area contributed by atoms with E-state index in [0.29, 0.717) is 0 Å². The van der Waals surface area contributed by atoms with Crippen molar-refractivity contribution in [3.8, 4) is 0 Å². The average molecular weight is 194 g/mol. The fraction of sp³-hybridized carbons (Fsp3) is 0.333. The summed E-state index contributed by atoms with van der Waals surface area (Å²) in [7, 11) is 1.69. The van der Waals surface area contributed by atoms with Gasteiger partial charge in [0.25, 0.3) is 5.56 Å². The minimum absolute atomic E-state index is 0.00606. The van der Waals surface area contributed by atoms with Crippen molar-refractivity contribution >= 4 is 21.4 Å². The van der Waals surface area contributed by atoms with Crippen LogP contribution in [0, 0.1) is 0 Å². The van der Waals surface area contributed by atoms with Gasteiger partial charge in [0, 0.05) is 7.05 Å². The third kappa shape index (κ3) is 1.18. The topological polar surface area (TPSA) is 34.9 Å². The summed E-state index contributed by atoms with van der Waals surface area (Å²) in [5.74, 6) is 0.